The van der Waals surface area contributed by atoms with Crippen molar-refractivity contribution < 1.29 is 9.47 Å². The van der Waals surface area contributed by atoms with Gasteiger partial charge in [-0.2, -0.15) is 15.0 Å². The number of nitrogens with one attached hydrogen (secondary N) is 1. The minimum Gasteiger partial charge on any atom is -0.461 e. The summed E-state index contributed by atoms with van der Waals surface area (Å²) >= 11 is 0. The Morgan fingerprint density at radius 3 is 2.85 bits per heavy atom. The van der Waals surface area contributed by atoms with E-state index in [1.165, 1.54) is 0 Å². The molecule has 1 aromatic heterocycles. The number of anilines is 2. The van der Waals surface area contributed by atoms with Crippen LogP contribution in [-0.2, 0) is 4.74 Å². The predicted molar refractivity (Wildman–Crippen MR) is 77.4 cm³/mol. The summed E-state index contributed by atoms with van der Waals surface area (Å²) in [7, 11) is 1.79. The van der Waals surface area contributed by atoms with Crippen molar-refractivity contribution in [2.75, 3.05) is 37.0 Å². The summed E-state index contributed by atoms with van der Waals surface area (Å²) < 4.78 is 11.1. The molecule has 0 bridgehead atoms. The fourth-order valence-corrected chi connectivity index (χ4v) is 2.11. The van der Waals surface area contributed by atoms with E-state index in [0.29, 0.717) is 37.2 Å². The van der Waals surface area contributed by atoms with Crippen molar-refractivity contribution in [1.82, 2.24) is 15.0 Å². The molecule has 1 unspecified atom stereocenters. The maximum atomic E-state index is 5.60. The summed E-state index contributed by atoms with van der Waals surface area (Å²) in [5.74, 6) is 1.17. The lowest BCUT2D eigenvalue weighted by Crippen LogP contribution is -2.46. The first-order chi connectivity index (χ1) is 9.63. The third kappa shape index (κ3) is 3.47. The highest BCUT2D eigenvalue weighted by Crippen LogP contribution is 2.21. The molecule has 0 aliphatic carbocycles. The van der Waals surface area contributed by atoms with Crippen LogP contribution in [0.4, 0.5) is 11.9 Å². The van der Waals surface area contributed by atoms with Gasteiger partial charge in [-0.3, -0.25) is 0 Å². The Hall–Kier alpha value is -1.63. The molecule has 1 saturated heterocycles. The topological polar surface area (TPSA) is 72.4 Å². The first-order valence-corrected chi connectivity index (χ1v) is 7.09. The summed E-state index contributed by atoms with van der Waals surface area (Å²) in [5, 5.41) is 2.95. The largest absolute Gasteiger partial charge is 0.461 e. The van der Waals surface area contributed by atoms with E-state index in [4.69, 9.17) is 9.47 Å². The normalized spacial score (nSPS) is 19.2. The Kier molecular flexibility index (Phi) is 4.94. The van der Waals surface area contributed by atoms with Gasteiger partial charge in [-0.15, -0.1) is 0 Å². The molecule has 112 valence electrons. The van der Waals surface area contributed by atoms with Crippen molar-refractivity contribution in [3.8, 4) is 6.01 Å². The molecule has 20 heavy (non-hydrogen) atoms. The zero-order chi connectivity index (χ0) is 14.5. The van der Waals surface area contributed by atoms with Crippen molar-refractivity contribution in [2.24, 2.45) is 0 Å². The highest BCUT2D eigenvalue weighted by molar-refractivity contribution is 5.39. The molecule has 0 aromatic carbocycles. The zero-order valence-corrected chi connectivity index (χ0v) is 12.6. The van der Waals surface area contributed by atoms with Gasteiger partial charge >= 0.3 is 6.01 Å². The van der Waals surface area contributed by atoms with Crippen molar-refractivity contribution in [3.63, 3.8) is 0 Å². The standard InChI is InChI=1S/C13H23N5O2/c1-5-10-8-19-7-6-18(10)12-15-11(14-4)16-13(17-12)20-9(2)3/h9-10H,5-8H2,1-4H3,(H,14,15,16,17). The summed E-state index contributed by atoms with van der Waals surface area (Å²) in [6.45, 7) is 8.22. The molecule has 1 fully saturated rings. The van der Waals surface area contributed by atoms with E-state index < -0.39 is 0 Å². The second-order valence-electron chi connectivity index (χ2n) is 4.99. The third-order valence-electron chi connectivity index (χ3n) is 3.12. The lowest BCUT2D eigenvalue weighted by Gasteiger charge is -2.35. The van der Waals surface area contributed by atoms with Gasteiger partial charge in [-0.1, -0.05) is 6.92 Å². The number of morpholine rings is 1. The number of rotatable bonds is 5. The van der Waals surface area contributed by atoms with Gasteiger partial charge in [-0.05, 0) is 20.3 Å². The molecule has 1 aliphatic rings. The van der Waals surface area contributed by atoms with Crippen LogP contribution in [0.1, 0.15) is 27.2 Å². The lowest BCUT2D eigenvalue weighted by atomic mass is 10.2. The molecule has 1 atom stereocenters. The van der Waals surface area contributed by atoms with Gasteiger partial charge in [0, 0.05) is 13.6 Å². The molecular formula is C13H23N5O2. The Morgan fingerprint density at radius 2 is 2.20 bits per heavy atom. The van der Waals surface area contributed by atoms with Gasteiger partial charge in [0.05, 0.1) is 25.4 Å². The maximum Gasteiger partial charge on any atom is 0.323 e. The first-order valence-electron chi connectivity index (χ1n) is 7.09. The summed E-state index contributed by atoms with van der Waals surface area (Å²) in [5.41, 5.74) is 0. The average Bonchev–Trinajstić information content (AvgIpc) is 2.46. The van der Waals surface area contributed by atoms with Crippen LogP contribution in [0.2, 0.25) is 0 Å². The monoisotopic (exact) mass is 281 g/mol. The number of ether oxygens (including phenoxy) is 2. The van der Waals surface area contributed by atoms with Crippen LogP contribution in [0, 0.1) is 0 Å². The minimum absolute atomic E-state index is 0.0293. The van der Waals surface area contributed by atoms with Crippen molar-refractivity contribution in [3.05, 3.63) is 0 Å². The summed E-state index contributed by atoms with van der Waals surface area (Å²) in [6, 6.07) is 0.651. The van der Waals surface area contributed by atoms with E-state index in [-0.39, 0.29) is 6.10 Å². The highest BCUT2D eigenvalue weighted by Gasteiger charge is 2.25. The molecule has 1 aromatic rings. The molecular weight excluding hydrogens is 258 g/mol. The van der Waals surface area contributed by atoms with Crippen molar-refractivity contribution >= 4 is 11.9 Å². The predicted octanol–water partition coefficient (Wildman–Crippen LogP) is 1.32. The van der Waals surface area contributed by atoms with E-state index in [0.717, 1.165) is 13.0 Å². The van der Waals surface area contributed by atoms with Crippen LogP contribution in [0.5, 0.6) is 6.01 Å². The Morgan fingerprint density at radius 1 is 1.40 bits per heavy atom. The van der Waals surface area contributed by atoms with Gasteiger partial charge in [0.2, 0.25) is 11.9 Å². The van der Waals surface area contributed by atoms with Crippen LogP contribution in [0.25, 0.3) is 0 Å². The van der Waals surface area contributed by atoms with E-state index in [9.17, 15) is 0 Å². The van der Waals surface area contributed by atoms with E-state index >= 15 is 0 Å². The van der Waals surface area contributed by atoms with Crippen LogP contribution in [0.15, 0.2) is 0 Å². The lowest BCUT2D eigenvalue weighted by molar-refractivity contribution is 0.0919. The van der Waals surface area contributed by atoms with Crippen LogP contribution in [-0.4, -0.2) is 53.9 Å². The van der Waals surface area contributed by atoms with Gasteiger partial charge < -0.3 is 19.7 Å². The zero-order valence-electron chi connectivity index (χ0n) is 12.6. The van der Waals surface area contributed by atoms with E-state index in [2.05, 4.69) is 32.1 Å². The first kappa shape index (κ1) is 14.8. The van der Waals surface area contributed by atoms with Crippen LogP contribution >= 0.6 is 0 Å². The van der Waals surface area contributed by atoms with Crippen LogP contribution in [0.3, 0.4) is 0 Å². The molecule has 1 aliphatic heterocycles. The fourth-order valence-electron chi connectivity index (χ4n) is 2.11. The number of hydrogen-bond acceptors (Lipinski definition) is 7. The second-order valence-corrected chi connectivity index (χ2v) is 4.99. The van der Waals surface area contributed by atoms with Gasteiger partial charge in [0.15, 0.2) is 0 Å². The molecule has 0 spiro atoms. The number of nitrogens with zero attached hydrogens (tertiary/aromatic N) is 4. The van der Waals surface area contributed by atoms with E-state index in [1.807, 2.05) is 13.8 Å². The second kappa shape index (κ2) is 6.69. The highest BCUT2D eigenvalue weighted by atomic mass is 16.5. The number of hydrogen-bond donors (Lipinski definition) is 1. The molecule has 2 rings (SSSR count). The maximum absolute atomic E-state index is 5.60. The van der Waals surface area contributed by atoms with Gasteiger partial charge in [0.25, 0.3) is 0 Å². The van der Waals surface area contributed by atoms with Crippen molar-refractivity contribution in [2.45, 2.75) is 39.3 Å². The fraction of sp³-hybridized carbons (Fsp3) is 0.769. The molecule has 7 nitrogen and oxygen atoms in total. The van der Waals surface area contributed by atoms with Gasteiger partial charge in [-0.25, -0.2) is 0 Å². The Balaban J connectivity index is 2.28. The van der Waals surface area contributed by atoms with Crippen molar-refractivity contribution in [1.29, 1.82) is 0 Å². The molecule has 0 saturated carbocycles. The number of aromatic nitrogens is 3. The SMILES string of the molecule is CCC1COCCN1c1nc(NC)nc(OC(C)C)n1. The van der Waals surface area contributed by atoms with Gasteiger partial charge in [0.1, 0.15) is 0 Å². The molecule has 0 amide bonds. The molecule has 2 heterocycles. The smallest absolute Gasteiger partial charge is 0.323 e. The molecule has 1 N–H and O–H groups in total. The minimum atomic E-state index is 0.0293. The average molecular weight is 281 g/mol. The Bertz CT molecular complexity index is 441. The summed E-state index contributed by atoms with van der Waals surface area (Å²) in [6.07, 6.45) is 1.02. The van der Waals surface area contributed by atoms with Crippen LogP contribution < -0.4 is 15.0 Å². The van der Waals surface area contributed by atoms with E-state index in [1.54, 1.807) is 7.05 Å². The molecule has 0 radical (unpaired) electrons. The summed E-state index contributed by atoms with van der Waals surface area (Å²) in [4.78, 5) is 15.3. The third-order valence-corrected chi connectivity index (χ3v) is 3.12. The quantitative estimate of drug-likeness (QED) is 0.872. The Labute approximate surface area is 119 Å². The molecule has 7 heteroatoms.